The number of nitrogens with one attached hydrogen (secondary N) is 2. The molecule has 0 saturated carbocycles. The van der Waals surface area contributed by atoms with Gasteiger partial charge in [0.2, 0.25) is 0 Å². The summed E-state index contributed by atoms with van der Waals surface area (Å²) in [7, 11) is -3.20. The first-order chi connectivity index (χ1) is 14.3. The molecule has 1 unspecified atom stereocenters. The quantitative estimate of drug-likeness (QED) is 0.503. The minimum atomic E-state index is -3.20. The number of hydrogen-bond donors (Lipinski definition) is 2. The van der Waals surface area contributed by atoms with E-state index in [0.717, 1.165) is 49.7 Å². The summed E-state index contributed by atoms with van der Waals surface area (Å²) in [6, 6.07) is 8.06. The summed E-state index contributed by atoms with van der Waals surface area (Å²) in [5.41, 5.74) is 3.22. The van der Waals surface area contributed by atoms with Gasteiger partial charge in [0.15, 0.2) is 15.8 Å². The van der Waals surface area contributed by atoms with Crippen molar-refractivity contribution in [3.63, 3.8) is 0 Å². The van der Waals surface area contributed by atoms with Crippen molar-refractivity contribution in [1.29, 1.82) is 0 Å². The van der Waals surface area contributed by atoms with Crippen molar-refractivity contribution in [3.8, 4) is 0 Å². The number of fused-ring (bicyclic) bond motifs is 1. The maximum absolute atomic E-state index is 11.8. The Balaban J connectivity index is 1.59. The zero-order valence-electron chi connectivity index (χ0n) is 18.2. The van der Waals surface area contributed by atoms with E-state index in [0.29, 0.717) is 17.5 Å². The molecule has 2 N–H and O–H groups in total. The van der Waals surface area contributed by atoms with Gasteiger partial charge < -0.3 is 10.6 Å². The van der Waals surface area contributed by atoms with Crippen molar-refractivity contribution >= 4 is 27.1 Å². The van der Waals surface area contributed by atoms with E-state index < -0.39 is 9.84 Å². The highest BCUT2D eigenvalue weighted by molar-refractivity contribution is 7.90. The third kappa shape index (κ3) is 5.83. The lowest BCUT2D eigenvalue weighted by Crippen LogP contribution is -2.47. The first-order valence-corrected chi connectivity index (χ1v) is 13.2. The Morgan fingerprint density at radius 2 is 2.10 bits per heavy atom. The number of aliphatic imine (C=N–C) groups is 1. The smallest absolute Gasteiger partial charge is 0.191 e. The van der Waals surface area contributed by atoms with Gasteiger partial charge in [-0.05, 0) is 61.4 Å². The van der Waals surface area contributed by atoms with E-state index in [1.54, 1.807) is 6.07 Å². The molecule has 3 rings (SSSR count). The van der Waals surface area contributed by atoms with Crippen LogP contribution in [0.3, 0.4) is 0 Å². The predicted octanol–water partition coefficient (Wildman–Crippen LogP) is 2.96. The fourth-order valence-corrected chi connectivity index (χ4v) is 5.61. The summed E-state index contributed by atoms with van der Waals surface area (Å²) >= 11 is 1.87. The van der Waals surface area contributed by atoms with Crippen LogP contribution in [0.4, 0.5) is 0 Å². The third-order valence-electron chi connectivity index (χ3n) is 5.43. The Morgan fingerprint density at radius 3 is 2.80 bits per heavy atom. The molecule has 1 aliphatic rings. The molecule has 0 amide bonds. The van der Waals surface area contributed by atoms with E-state index in [9.17, 15) is 8.42 Å². The Hall–Kier alpha value is -1.90. The van der Waals surface area contributed by atoms with E-state index in [2.05, 4.69) is 45.8 Å². The molecule has 164 valence electrons. The Labute approximate surface area is 184 Å². The van der Waals surface area contributed by atoms with Crippen LogP contribution in [0.1, 0.15) is 35.4 Å². The van der Waals surface area contributed by atoms with E-state index in [-0.39, 0.29) is 0 Å². The van der Waals surface area contributed by atoms with Gasteiger partial charge >= 0.3 is 0 Å². The molecule has 30 heavy (non-hydrogen) atoms. The highest BCUT2D eigenvalue weighted by Crippen LogP contribution is 2.25. The number of guanidine groups is 1. The van der Waals surface area contributed by atoms with E-state index in [1.807, 2.05) is 30.4 Å². The maximum Gasteiger partial charge on any atom is 0.191 e. The van der Waals surface area contributed by atoms with Crippen molar-refractivity contribution < 1.29 is 8.42 Å². The van der Waals surface area contributed by atoms with Crippen LogP contribution in [0.5, 0.6) is 0 Å². The number of thiophene rings is 1. The minimum absolute atomic E-state index is 0.379. The molecule has 0 radical (unpaired) electrons. The van der Waals surface area contributed by atoms with Gasteiger partial charge in [0.05, 0.1) is 11.4 Å². The number of nitrogens with zero attached hydrogens (tertiary/aromatic N) is 2. The molecule has 0 fully saturated rings. The highest BCUT2D eigenvalue weighted by Gasteiger charge is 2.21. The molecule has 0 saturated heterocycles. The van der Waals surface area contributed by atoms with Gasteiger partial charge in [0, 0.05) is 43.4 Å². The van der Waals surface area contributed by atoms with Gasteiger partial charge in [0.25, 0.3) is 0 Å². The van der Waals surface area contributed by atoms with E-state index in [4.69, 9.17) is 0 Å². The molecule has 8 heteroatoms. The Morgan fingerprint density at radius 1 is 1.30 bits per heavy atom. The molecular formula is C22H32N4O2S2. The summed E-state index contributed by atoms with van der Waals surface area (Å²) in [5, 5.41) is 8.95. The molecule has 2 aromatic rings. The normalized spacial score (nSPS) is 16.2. The second-order valence-corrected chi connectivity index (χ2v) is 10.9. The van der Waals surface area contributed by atoms with Gasteiger partial charge in [0.1, 0.15) is 0 Å². The van der Waals surface area contributed by atoms with Gasteiger partial charge in [-0.3, -0.25) is 4.90 Å². The van der Waals surface area contributed by atoms with Gasteiger partial charge in [-0.25, -0.2) is 13.4 Å². The topological polar surface area (TPSA) is 73.8 Å². The van der Waals surface area contributed by atoms with Crippen molar-refractivity contribution in [1.82, 2.24) is 15.5 Å². The molecular weight excluding hydrogens is 416 g/mol. The molecule has 1 aromatic heterocycles. The molecule has 6 nitrogen and oxygen atoms in total. The van der Waals surface area contributed by atoms with Crippen molar-refractivity contribution in [2.45, 2.75) is 51.2 Å². The summed E-state index contributed by atoms with van der Waals surface area (Å²) in [6.45, 7) is 10.3. The van der Waals surface area contributed by atoms with Crippen molar-refractivity contribution in [3.05, 3.63) is 51.2 Å². The largest absolute Gasteiger partial charge is 0.357 e. The molecule has 1 atom stereocenters. The van der Waals surface area contributed by atoms with Crippen LogP contribution < -0.4 is 10.6 Å². The standard InChI is InChI=1S/C22H32N4O2S2/c1-5-23-22(25-14-18-6-7-21(16(2)12-18)30(4,27)28)24-13-17(3)26-10-8-20-19(15-26)9-11-29-20/h6-7,9,11-12,17H,5,8,10,13-15H2,1-4H3,(H2,23,24,25). The summed E-state index contributed by atoms with van der Waals surface area (Å²) in [4.78, 5) is 9.11. The average Bonchev–Trinajstić information content (AvgIpc) is 3.16. The van der Waals surface area contributed by atoms with Crippen LogP contribution in [0.2, 0.25) is 0 Å². The number of benzene rings is 1. The SMILES string of the molecule is CCNC(=NCc1ccc(S(C)(=O)=O)c(C)c1)NCC(C)N1CCc2sccc2C1. The summed E-state index contributed by atoms with van der Waals surface area (Å²) < 4.78 is 23.6. The lowest BCUT2D eigenvalue weighted by Gasteiger charge is -2.32. The predicted molar refractivity (Wildman–Crippen MR) is 125 cm³/mol. The second-order valence-electron chi connectivity index (χ2n) is 7.89. The van der Waals surface area contributed by atoms with Crippen LogP contribution in [-0.4, -0.2) is 51.2 Å². The first kappa shape index (κ1) is 22.8. The van der Waals surface area contributed by atoms with Gasteiger partial charge in [-0.15, -0.1) is 11.3 Å². The van der Waals surface area contributed by atoms with E-state index >= 15 is 0 Å². The Bertz CT molecular complexity index is 998. The van der Waals surface area contributed by atoms with Crippen LogP contribution in [0.15, 0.2) is 39.5 Å². The number of hydrogen-bond acceptors (Lipinski definition) is 5. The lowest BCUT2D eigenvalue weighted by molar-refractivity contribution is 0.192. The number of sulfone groups is 1. The molecule has 0 aliphatic carbocycles. The maximum atomic E-state index is 11.8. The molecule has 1 aromatic carbocycles. The first-order valence-electron chi connectivity index (χ1n) is 10.4. The van der Waals surface area contributed by atoms with E-state index in [1.165, 1.54) is 16.7 Å². The minimum Gasteiger partial charge on any atom is -0.357 e. The van der Waals surface area contributed by atoms with Crippen molar-refractivity contribution in [2.24, 2.45) is 4.99 Å². The summed E-state index contributed by atoms with van der Waals surface area (Å²) in [6.07, 6.45) is 2.37. The summed E-state index contributed by atoms with van der Waals surface area (Å²) in [5.74, 6) is 0.780. The highest BCUT2D eigenvalue weighted by atomic mass is 32.2. The van der Waals surface area contributed by atoms with Gasteiger partial charge in [-0.1, -0.05) is 12.1 Å². The van der Waals surface area contributed by atoms with Crippen LogP contribution in [0, 0.1) is 6.92 Å². The van der Waals surface area contributed by atoms with Crippen molar-refractivity contribution in [2.75, 3.05) is 25.9 Å². The zero-order chi connectivity index (χ0) is 21.7. The second kappa shape index (κ2) is 9.94. The van der Waals surface area contributed by atoms with Gasteiger partial charge in [-0.2, -0.15) is 0 Å². The third-order valence-corrected chi connectivity index (χ3v) is 7.71. The van der Waals surface area contributed by atoms with Crippen LogP contribution in [-0.2, 0) is 29.3 Å². The number of rotatable bonds is 7. The molecule has 1 aliphatic heterocycles. The molecule has 2 heterocycles. The Kier molecular flexibility index (Phi) is 7.55. The lowest BCUT2D eigenvalue weighted by atomic mass is 10.1. The average molecular weight is 449 g/mol. The molecule has 0 bridgehead atoms. The number of aryl methyl sites for hydroxylation is 1. The molecule has 0 spiro atoms. The zero-order valence-corrected chi connectivity index (χ0v) is 19.9. The monoisotopic (exact) mass is 448 g/mol. The fraction of sp³-hybridized carbons (Fsp3) is 0.500. The van der Waals surface area contributed by atoms with Crippen LogP contribution >= 0.6 is 11.3 Å². The fourth-order valence-electron chi connectivity index (χ4n) is 3.76. The van der Waals surface area contributed by atoms with Crippen LogP contribution in [0.25, 0.3) is 0 Å².